The van der Waals surface area contributed by atoms with E-state index in [1.54, 1.807) is 0 Å². The van der Waals surface area contributed by atoms with Gasteiger partial charge in [0.15, 0.2) is 0 Å². The summed E-state index contributed by atoms with van der Waals surface area (Å²) >= 11 is 0. The van der Waals surface area contributed by atoms with Crippen LogP contribution in [0.4, 0.5) is 11.4 Å². The summed E-state index contributed by atoms with van der Waals surface area (Å²) in [4.78, 5) is 22.0. The van der Waals surface area contributed by atoms with Gasteiger partial charge in [-0.15, -0.1) is 0 Å². The standard InChI is InChI=1S/C10H15N5O5S/c1-12-21(19,20)5-4-13-10(16)8-6-7(15(17)18)2-3-9(8)14-11/h2-3,6,12,14H,4-5,11H2,1H3,(H,13,16). The summed E-state index contributed by atoms with van der Waals surface area (Å²) in [7, 11) is -2.19. The Kier molecular flexibility index (Phi) is 5.58. The summed E-state index contributed by atoms with van der Waals surface area (Å²) in [6.07, 6.45) is 0. The lowest BCUT2D eigenvalue weighted by Crippen LogP contribution is -2.33. The molecule has 1 rings (SSSR count). The number of anilines is 1. The van der Waals surface area contributed by atoms with Crippen LogP contribution in [0, 0.1) is 10.1 Å². The molecule has 11 heteroatoms. The highest BCUT2D eigenvalue weighted by atomic mass is 32.2. The van der Waals surface area contributed by atoms with Gasteiger partial charge in [-0.25, -0.2) is 13.1 Å². The number of nitro groups is 1. The van der Waals surface area contributed by atoms with Gasteiger partial charge in [-0.2, -0.15) is 0 Å². The number of rotatable bonds is 7. The van der Waals surface area contributed by atoms with E-state index >= 15 is 0 Å². The third kappa shape index (κ3) is 4.66. The molecule has 0 fully saturated rings. The predicted octanol–water partition coefficient (Wildman–Crippen LogP) is -0.841. The topological polar surface area (TPSA) is 156 Å². The Morgan fingerprint density at radius 2 is 2.10 bits per heavy atom. The molecule has 1 aromatic carbocycles. The highest BCUT2D eigenvalue weighted by Gasteiger charge is 2.17. The Morgan fingerprint density at radius 3 is 2.62 bits per heavy atom. The van der Waals surface area contributed by atoms with E-state index < -0.39 is 20.9 Å². The van der Waals surface area contributed by atoms with Crippen LogP contribution in [-0.4, -0.2) is 38.6 Å². The van der Waals surface area contributed by atoms with Crippen molar-refractivity contribution in [2.75, 3.05) is 24.8 Å². The predicted molar refractivity (Wildman–Crippen MR) is 76.1 cm³/mol. The van der Waals surface area contributed by atoms with E-state index in [0.717, 1.165) is 6.07 Å². The van der Waals surface area contributed by atoms with Crippen molar-refractivity contribution in [1.29, 1.82) is 0 Å². The van der Waals surface area contributed by atoms with Crippen LogP contribution in [0.3, 0.4) is 0 Å². The molecular formula is C10H15N5O5S. The Balaban J connectivity index is 2.86. The fourth-order valence-electron chi connectivity index (χ4n) is 1.46. The number of nitro benzene ring substituents is 1. The number of carbonyl (C=O) groups is 1. The summed E-state index contributed by atoms with van der Waals surface area (Å²) in [5.74, 6) is 4.25. The number of sulfonamides is 1. The Bertz CT molecular complexity index is 645. The summed E-state index contributed by atoms with van der Waals surface area (Å²) in [6, 6.07) is 3.53. The molecule has 0 saturated heterocycles. The summed E-state index contributed by atoms with van der Waals surface area (Å²) in [6.45, 7) is -0.144. The number of benzene rings is 1. The number of carbonyl (C=O) groups excluding carboxylic acids is 1. The second-order valence-corrected chi connectivity index (χ2v) is 5.96. The molecule has 0 bridgehead atoms. The number of nitrogens with zero attached hydrogens (tertiary/aromatic N) is 1. The van der Waals surface area contributed by atoms with Gasteiger partial charge >= 0.3 is 0 Å². The van der Waals surface area contributed by atoms with Crippen LogP contribution in [0.15, 0.2) is 18.2 Å². The first kappa shape index (κ1) is 16.8. The van der Waals surface area contributed by atoms with Crippen LogP contribution < -0.4 is 21.3 Å². The number of hydrogen-bond donors (Lipinski definition) is 4. The number of nitrogens with two attached hydrogens (primary N) is 1. The van der Waals surface area contributed by atoms with E-state index in [-0.39, 0.29) is 29.2 Å². The largest absolute Gasteiger partial charge is 0.351 e. The van der Waals surface area contributed by atoms with Crippen molar-refractivity contribution >= 4 is 27.3 Å². The Hall–Kier alpha value is -2.24. The van der Waals surface area contributed by atoms with Crippen LogP contribution in [0.5, 0.6) is 0 Å². The molecule has 0 atom stereocenters. The van der Waals surface area contributed by atoms with Crippen LogP contribution in [0.2, 0.25) is 0 Å². The first-order chi connectivity index (χ1) is 9.80. The monoisotopic (exact) mass is 317 g/mol. The number of amides is 1. The maximum Gasteiger partial charge on any atom is 0.270 e. The lowest BCUT2D eigenvalue weighted by Gasteiger charge is -2.09. The second-order valence-electron chi connectivity index (χ2n) is 3.91. The van der Waals surface area contributed by atoms with Crippen molar-refractivity contribution < 1.29 is 18.1 Å². The number of hydrazine groups is 1. The molecule has 1 aromatic rings. The Morgan fingerprint density at radius 1 is 1.43 bits per heavy atom. The lowest BCUT2D eigenvalue weighted by atomic mass is 10.1. The molecular weight excluding hydrogens is 302 g/mol. The molecule has 0 heterocycles. The second kappa shape index (κ2) is 6.97. The summed E-state index contributed by atoms with van der Waals surface area (Å²) in [5, 5.41) is 13.0. The zero-order valence-corrected chi connectivity index (χ0v) is 11.9. The molecule has 0 aliphatic rings. The van der Waals surface area contributed by atoms with E-state index in [1.807, 2.05) is 0 Å². The molecule has 0 aliphatic heterocycles. The van der Waals surface area contributed by atoms with Crippen LogP contribution >= 0.6 is 0 Å². The zero-order valence-electron chi connectivity index (χ0n) is 11.1. The van der Waals surface area contributed by atoms with E-state index in [0.29, 0.717) is 0 Å². The average molecular weight is 317 g/mol. The van der Waals surface area contributed by atoms with Gasteiger partial charge in [0.25, 0.3) is 11.6 Å². The van der Waals surface area contributed by atoms with Crippen molar-refractivity contribution in [1.82, 2.24) is 10.0 Å². The number of nitrogens with one attached hydrogen (secondary N) is 3. The minimum absolute atomic E-state index is 0.0476. The third-order valence-corrected chi connectivity index (χ3v) is 3.95. The quantitative estimate of drug-likeness (QED) is 0.290. The molecule has 116 valence electrons. The molecule has 0 saturated carbocycles. The van der Waals surface area contributed by atoms with Gasteiger partial charge in [0.05, 0.1) is 21.9 Å². The fourth-order valence-corrected chi connectivity index (χ4v) is 2.03. The normalized spacial score (nSPS) is 11.0. The highest BCUT2D eigenvalue weighted by Crippen LogP contribution is 2.21. The summed E-state index contributed by atoms with van der Waals surface area (Å²) in [5.41, 5.74) is 2.11. The molecule has 0 aromatic heterocycles. The molecule has 21 heavy (non-hydrogen) atoms. The van der Waals surface area contributed by atoms with Crippen molar-refractivity contribution in [2.45, 2.75) is 0 Å². The van der Waals surface area contributed by atoms with Crippen LogP contribution in [-0.2, 0) is 10.0 Å². The Labute approximate surface area is 120 Å². The third-order valence-electron chi connectivity index (χ3n) is 2.58. The van der Waals surface area contributed by atoms with Gasteiger partial charge in [0.1, 0.15) is 0 Å². The lowest BCUT2D eigenvalue weighted by molar-refractivity contribution is -0.384. The highest BCUT2D eigenvalue weighted by molar-refractivity contribution is 7.89. The minimum Gasteiger partial charge on any atom is -0.351 e. The molecule has 0 radical (unpaired) electrons. The molecule has 0 unspecified atom stereocenters. The van der Waals surface area contributed by atoms with E-state index in [4.69, 9.17) is 5.84 Å². The van der Waals surface area contributed by atoms with Crippen molar-refractivity contribution in [3.05, 3.63) is 33.9 Å². The first-order valence-electron chi connectivity index (χ1n) is 5.75. The molecule has 5 N–H and O–H groups in total. The van der Waals surface area contributed by atoms with Gasteiger partial charge in [0.2, 0.25) is 10.0 Å². The minimum atomic E-state index is -3.45. The number of non-ortho nitro benzene ring substituents is 1. The maximum atomic E-state index is 11.9. The maximum absolute atomic E-state index is 11.9. The molecule has 1 amide bonds. The van der Waals surface area contributed by atoms with E-state index in [2.05, 4.69) is 15.5 Å². The fraction of sp³-hybridized carbons (Fsp3) is 0.300. The van der Waals surface area contributed by atoms with Gasteiger partial charge in [0, 0.05) is 18.7 Å². The summed E-state index contributed by atoms with van der Waals surface area (Å²) < 4.78 is 24.5. The average Bonchev–Trinajstić information content (AvgIpc) is 2.46. The van der Waals surface area contributed by atoms with Crippen LogP contribution in [0.25, 0.3) is 0 Å². The molecule has 10 nitrogen and oxygen atoms in total. The van der Waals surface area contributed by atoms with Crippen LogP contribution in [0.1, 0.15) is 10.4 Å². The van der Waals surface area contributed by atoms with Gasteiger partial charge in [-0.1, -0.05) is 0 Å². The molecule has 0 aliphatic carbocycles. The van der Waals surface area contributed by atoms with Crippen molar-refractivity contribution in [3.63, 3.8) is 0 Å². The number of hydrogen-bond acceptors (Lipinski definition) is 7. The number of nitrogen functional groups attached to an aromatic ring is 1. The van der Waals surface area contributed by atoms with E-state index in [9.17, 15) is 23.3 Å². The van der Waals surface area contributed by atoms with Gasteiger partial charge in [-0.05, 0) is 13.1 Å². The van der Waals surface area contributed by atoms with Crippen molar-refractivity contribution in [2.24, 2.45) is 5.84 Å². The van der Waals surface area contributed by atoms with Gasteiger partial charge in [-0.3, -0.25) is 20.8 Å². The van der Waals surface area contributed by atoms with Gasteiger partial charge < -0.3 is 10.7 Å². The van der Waals surface area contributed by atoms with E-state index in [1.165, 1.54) is 19.2 Å². The van der Waals surface area contributed by atoms with Crippen molar-refractivity contribution in [3.8, 4) is 0 Å². The SMILES string of the molecule is CNS(=O)(=O)CCNC(=O)c1cc([N+](=O)[O-])ccc1NN. The molecule has 0 spiro atoms. The smallest absolute Gasteiger partial charge is 0.270 e. The first-order valence-corrected chi connectivity index (χ1v) is 7.40. The zero-order chi connectivity index (χ0) is 16.0.